The van der Waals surface area contributed by atoms with Gasteiger partial charge in [0, 0.05) is 11.5 Å². The van der Waals surface area contributed by atoms with Gasteiger partial charge in [0.1, 0.15) is 11.5 Å². The molecule has 1 amide bonds. The minimum atomic E-state index is -0.150. The largest absolute Gasteiger partial charge is 0.497 e. The zero-order valence-corrected chi connectivity index (χ0v) is 13.3. The van der Waals surface area contributed by atoms with Crippen LogP contribution in [0.15, 0.2) is 18.2 Å². The third-order valence-electron chi connectivity index (χ3n) is 3.55. The van der Waals surface area contributed by atoms with Crippen molar-refractivity contribution >= 4 is 5.91 Å². The summed E-state index contributed by atoms with van der Waals surface area (Å²) in [7, 11) is 3.23. The van der Waals surface area contributed by atoms with Crippen molar-refractivity contribution in [1.29, 1.82) is 0 Å². The Morgan fingerprint density at radius 2 is 2.00 bits per heavy atom. The predicted octanol–water partition coefficient (Wildman–Crippen LogP) is 2.26. The Hall–Kier alpha value is -1.75. The van der Waals surface area contributed by atoms with Crippen LogP contribution in [0.1, 0.15) is 38.3 Å². The number of nitrogens with two attached hydrogens (primary N) is 1. The highest BCUT2D eigenvalue weighted by Gasteiger charge is 2.18. The maximum Gasteiger partial charge on any atom is 0.223 e. The van der Waals surface area contributed by atoms with E-state index in [2.05, 4.69) is 5.32 Å². The highest BCUT2D eigenvalue weighted by Crippen LogP contribution is 2.29. The molecule has 0 saturated carbocycles. The molecule has 0 aliphatic rings. The van der Waals surface area contributed by atoms with Gasteiger partial charge in [-0.05, 0) is 44.5 Å². The molecule has 0 fully saturated rings. The van der Waals surface area contributed by atoms with E-state index in [1.165, 1.54) is 0 Å². The first-order valence-electron chi connectivity index (χ1n) is 7.25. The fourth-order valence-electron chi connectivity index (χ4n) is 2.17. The summed E-state index contributed by atoms with van der Waals surface area (Å²) in [5, 5.41) is 3.02. The van der Waals surface area contributed by atoms with Crippen LogP contribution in [-0.4, -0.2) is 26.7 Å². The van der Waals surface area contributed by atoms with Gasteiger partial charge in [0.2, 0.25) is 5.91 Å². The molecule has 1 rings (SSSR count). The van der Waals surface area contributed by atoms with Crippen LogP contribution in [0.2, 0.25) is 0 Å². The molecule has 2 unspecified atom stereocenters. The zero-order chi connectivity index (χ0) is 15.8. The summed E-state index contributed by atoms with van der Waals surface area (Å²) < 4.78 is 10.6. The number of carbonyl (C=O) groups is 1. The molecule has 0 bridgehead atoms. The molecular formula is C16H26N2O3. The van der Waals surface area contributed by atoms with E-state index >= 15 is 0 Å². The summed E-state index contributed by atoms with van der Waals surface area (Å²) >= 11 is 0. The van der Waals surface area contributed by atoms with E-state index in [0.29, 0.717) is 6.54 Å². The summed E-state index contributed by atoms with van der Waals surface area (Å²) in [5.41, 5.74) is 6.38. The topological polar surface area (TPSA) is 73.6 Å². The van der Waals surface area contributed by atoms with Gasteiger partial charge in [-0.25, -0.2) is 0 Å². The van der Waals surface area contributed by atoms with Crippen LogP contribution >= 0.6 is 0 Å². The van der Waals surface area contributed by atoms with Gasteiger partial charge in [0.15, 0.2) is 0 Å². The molecule has 2 atom stereocenters. The summed E-state index contributed by atoms with van der Waals surface area (Å²) in [4.78, 5) is 12.2. The minimum Gasteiger partial charge on any atom is -0.497 e. The molecule has 0 aromatic heterocycles. The fourth-order valence-corrected chi connectivity index (χ4v) is 2.17. The maximum absolute atomic E-state index is 12.2. The second kappa shape index (κ2) is 8.52. The van der Waals surface area contributed by atoms with Crippen molar-refractivity contribution in [3.8, 4) is 11.5 Å². The van der Waals surface area contributed by atoms with Crippen molar-refractivity contribution in [3.05, 3.63) is 23.8 Å². The normalized spacial score (nSPS) is 13.4. The zero-order valence-electron chi connectivity index (χ0n) is 13.3. The van der Waals surface area contributed by atoms with Crippen LogP contribution in [0, 0.1) is 5.92 Å². The summed E-state index contributed by atoms with van der Waals surface area (Å²) in [6.07, 6.45) is 1.65. The van der Waals surface area contributed by atoms with Crippen LogP contribution in [0.25, 0.3) is 0 Å². The van der Waals surface area contributed by atoms with E-state index in [1.807, 2.05) is 32.0 Å². The van der Waals surface area contributed by atoms with E-state index in [4.69, 9.17) is 15.2 Å². The van der Waals surface area contributed by atoms with Crippen LogP contribution in [-0.2, 0) is 4.79 Å². The van der Waals surface area contributed by atoms with E-state index in [-0.39, 0.29) is 17.9 Å². The summed E-state index contributed by atoms with van der Waals surface area (Å²) in [5.74, 6) is 1.45. The van der Waals surface area contributed by atoms with Crippen LogP contribution in [0.3, 0.4) is 0 Å². The number of hydrogen-bond donors (Lipinski definition) is 2. The first-order chi connectivity index (χ1) is 10.0. The average Bonchev–Trinajstić information content (AvgIpc) is 2.51. The first kappa shape index (κ1) is 17.3. The van der Waals surface area contributed by atoms with Gasteiger partial charge >= 0.3 is 0 Å². The van der Waals surface area contributed by atoms with Crippen molar-refractivity contribution < 1.29 is 14.3 Å². The summed E-state index contributed by atoms with van der Waals surface area (Å²) in [6, 6.07) is 5.41. The molecule has 3 N–H and O–H groups in total. The number of methoxy groups -OCH3 is 2. The highest BCUT2D eigenvalue weighted by atomic mass is 16.5. The Kier molecular flexibility index (Phi) is 7.02. The third-order valence-corrected chi connectivity index (χ3v) is 3.55. The Labute approximate surface area is 126 Å². The molecule has 1 aromatic rings. The number of carbonyl (C=O) groups excluding carboxylic acids is 1. The number of nitrogens with one attached hydrogen (secondary N) is 1. The van der Waals surface area contributed by atoms with E-state index in [0.717, 1.165) is 29.9 Å². The van der Waals surface area contributed by atoms with Crippen LogP contribution in [0.5, 0.6) is 11.5 Å². The molecule has 0 aliphatic carbocycles. The molecule has 0 aliphatic heterocycles. The molecule has 0 spiro atoms. The summed E-state index contributed by atoms with van der Waals surface area (Å²) in [6.45, 7) is 4.46. The average molecular weight is 294 g/mol. The maximum atomic E-state index is 12.2. The Morgan fingerprint density at radius 3 is 2.57 bits per heavy atom. The monoisotopic (exact) mass is 294 g/mol. The van der Waals surface area contributed by atoms with Crippen molar-refractivity contribution in [3.63, 3.8) is 0 Å². The van der Waals surface area contributed by atoms with E-state index in [1.54, 1.807) is 14.2 Å². The Bertz CT molecular complexity index is 463. The lowest BCUT2D eigenvalue weighted by molar-refractivity contribution is -0.125. The molecule has 5 nitrogen and oxygen atoms in total. The molecule has 21 heavy (non-hydrogen) atoms. The lowest BCUT2D eigenvalue weighted by Gasteiger charge is -2.20. The number of ether oxygens (including phenoxy) is 2. The van der Waals surface area contributed by atoms with Gasteiger partial charge in [0.05, 0.1) is 20.3 Å². The van der Waals surface area contributed by atoms with Gasteiger partial charge in [-0.2, -0.15) is 0 Å². The van der Waals surface area contributed by atoms with Crippen molar-refractivity contribution in [2.45, 2.75) is 32.7 Å². The molecular weight excluding hydrogens is 268 g/mol. The van der Waals surface area contributed by atoms with Crippen LogP contribution in [0.4, 0.5) is 0 Å². The number of amides is 1. The number of benzene rings is 1. The van der Waals surface area contributed by atoms with Gasteiger partial charge in [-0.3, -0.25) is 4.79 Å². The molecule has 0 heterocycles. The Balaban J connectivity index is 2.78. The van der Waals surface area contributed by atoms with Gasteiger partial charge in [-0.1, -0.05) is 6.92 Å². The molecule has 118 valence electrons. The van der Waals surface area contributed by atoms with Gasteiger partial charge in [-0.15, -0.1) is 0 Å². The number of rotatable bonds is 8. The second-order valence-corrected chi connectivity index (χ2v) is 5.17. The predicted molar refractivity (Wildman–Crippen MR) is 83.6 cm³/mol. The van der Waals surface area contributed by atoms with Gasteiger partial charge < -0.3 is 20.5 Å². The smallest absolute Gasteiger partial charge is 0.223 e. The molecule has 1 aromatic carbocycles. The quantitative estimate of drug-likeness (QED) is 0.771. The lowest BCUT2D eigenvalue weighted by atomic mass is 10.0. The lowest BCUT2D eigenvalue weighted by Crippen LogP contribution is -2.32. The molecule has 5 heteroatoms. The molecule has 0 radical (unpaired) electrons. The highest BCUT2D eigenvalue weighted by molar-refractivity contribution is 5.78. The number of hydrogen-bond acceptors (Lipinski definition) is 4. The Morgan fingerprint density at radius 1 is 1.29 bits per heavy atom. The second-order valence-electron chi connectivity index (χ2n) is 5.17. The molecule has 0 saturated heterocycles. The van der Waals surface area contributed by atoms with Crippen molar-refractivity contribution in [1.82, 2.24) is 5.32 Å². The fraction of sp³-hybridized carbons (Fsp3) is 0.562. The van der Waals surface area contributed by atoms with Crippen molar-refractivity contribution in [2.24, 2.45) is 11.7 Å². The van der Waals surface area contributed by atoms with E-state index in [9.17, 15) is 4.79 Å². The SMILES string of the molecule is COc1ccc(OC)c(C(C)NC(=O)C(C)CCCN)c1. The van der Waals surface area contributed by atoms with Crippen LogP contribution < -0.4 is 20.5 Å². The minimum absolute atomic E-state index is 0.0285. The third kappa shape index (κ3) is 4.93. The van der Waals surface area contributed by atoms with Gasteiger partial charge in [0.25, 0.3) is 0 Å². The van der Waals surface area contributed by atoms with E-state index < -0.39 is 0 Å². The first-order valence-corrected chi connectivity index (χ1v) is 7.25. The van der Waals surface area contributed by atoms with Crippen molar-refractivity contribution in [2.75, 3.05) is 20.8 Å². The standard InChI is InChI=1S/C16H26N2O3/c1-11(6-5-9-17)16(19)18-12(2)14-10-13(20-3)7-8-15(14)21-4/h7-8,10-12H,5-6,9,17H2,1-4H3,(H,18,19).